The zero-order valence-corrected chi connectivity index (χ0v) is 9.42. The van der Waals surface area contributed by atoms with Crippen LogP contribution in [0, 0.1) is 0 Å². The molecular weight excluding hydrogens is 231 g/mol. The van der Waals surface area contributed by atoms with Crippen LogP contribution in [0.5, 0.6) is 0 Å². The highest BCUT2D eigenvalue weighted by Crippen LogP contribution is 2.29. The summed E-state index contributed by atoms with van der Waals surface area (Å²) < 4.78 is 37.2. The highest BCUT2D eigenvalue weighted by Gasteiger charge is 2.33. The van der Waals surface area contributed by atoms with E-state index in [4.69, 9.17) is 0 Å². The van der Waals surface area contributed by atoms with Gasteiger partial charge in [0.25, 0.3) is 0 Å². The van der Waals surface area contributed by atoms with Gasteiger partial charge in [-0.2, -0.15) is 13.2 Å². The van der Waals surface area contributed by atoms with Gasteiger partial charge in [0.15, 0.2) is 0 Å². The second-order valence-electron chi connectivity index (χ2n) is 3.70. The molecule has 1 aromatic carbocycles. The van der Waals surface area contributed by atoms with Gasteiger partial charge in [-0.05, 0) is 5.56 Å². The molecule has 0 aliphatic rings. The summed E-state index contributed by atoms with van der Waals surface area (Å²) in [7, 11) is 0. The molecule has 1 N–H and O–H groups in total. The fourth-order valence-electron chi connectivity index (χ4n) is 1.47. The first kappa shape index (κ1) is 13.5. The number of rotatable bonds is 4. The first-order valence-corrected chi connectivity index (χ1v) is 5.33. The summed E-state index contributed by atoms with van der Waals surface area (Å²) in [6.07, 6.45) is -5.19. The zero-order chi connectivity index (χ0) is 12.9. The van der Waals surface area contributed by atoms with Crippen molar-refractivity contribution < 1.29 is 18.0 Å². The van der Waals surface area contributed by atoms with Crippen LogP contribution in [0.3, 0.4) is 0 Å². The molecule has 17 heavy (non-hydrogen) atoms. The van der Waals surface area contributed by atoms with Crippen LogP contribution in [0.25, 0.3) is 0 Å². The van der Waals surface area contributed by atoms with E-state index in [0.29, 0.717) is 5.56 Å². The highest BCUT2D eigenvalue weighted by molar-refractivity contribution is 5.76. The van der Waals surface area contributed by atoms with Crippen LogP contribution in [0.4, 0.5) is 13.2 Å². The maximum Gasteiger partial charge on any atom is 0.391 e. The summed E-state index contributed by atoms with van der Waals surface area (Å²) in [4.78, 5) is 11.2. The highest BCUT2D eigenvalue weighted by atomic mass is 19.4. The topological polar surface area (TPSA) is 29.1 Å². The number of carbonyl (C=O) groups is 1. The second kappa shape index (κ2) is 5.70. The SMILES string of the molecule is CCC(=O)NC(CC(F)(F)F)c1ccccc1. The Balaban J connectivity index is 2.83. The van der Waals surface area contributed by atoms with E-state index in [1.54, 1.807) is 37.3 Å². The fraction of sp³-hybridized carbons (Fsp3) is 0.417. The largest absolute Gasteiger partial charge is 0.391 e. The maximum absolute atomic E-state index is 12.4. The van der Waals surface area contributed by atoms with Crippen molar-refractivity contribution in [2.24, 2.45) is 0 Å². The molecule has 0 bridgehead atoms. The molecule has 0 saturated carbocycles. The third kappa shape index (κ3) is 4.89. The molecule has 0 aliphatic carbocycles. The number of hydrogen-bond acceptors (Lipinski definition) is 1. The third-order valence-corrected chi connectivity index (χ3v) is 2.29. The van der Waals surface area contributed by atoms with Crippen LogP contribution in [0.1, 0.15) is 31.4 Å². The number of halogens is 3. The Kier molecular flexibility index (Phi) is 4.54. The molecule has 1 amide bonds. The van der Waals surface area contributed by atoms with Gasteiger partial charge in [0.2, 0.25) is 5.91 Å². The number of amides is 1. The van der Waals surface area contributed by atoms with Gasteiger partial charge in [-0.1, -0.05) is 37.3 Å². The van der Waals surface area contributed by atoms with Gasteiger partial charge in [-0.3, -0.25) is 4.79 Å². The molecule has 0 aromatic heterocycles. The molecule has 5 heteroatoms. The average Bonchev–Trinajstić information content (AvgIpc) is 2.27. The van der Waals surface area contributed by atoms with E-state index in [2.05, 4.69) is 5.32 Å². The van der Waals surface area contributed by atoms with E-state index in [1.807, 2.05) is 0 Å². The first-order valence-electron chi connectivity index (χ1n) is 5.33. The fourth-order valence-corrected chi connectivity index (χ4v) is 1.47. The molecule has 1 atom stereocenters. The number of alkyl halides is 3. The van der Waals surface area contributed by atoms with Crippen LogP contribution < -0.4 is 5.32 Å². The van der Waals surface area contributed by atoms with Gasteiger partial charge in [-0.25, -0.2) is 0 Å². The second-order valence-corrected chi connectivity index (χ2v) is 3.70. The summed E-state index contributed by atoms with van der Waals surface area (Å²) in [5.74, 6) is -0.386. The van der Waals surface area contributed by atoms with Crippen LogP contribution in [0.2, 0.25) is 0 Å². The van der Waals surface area contributed by atoms with Crippen molar-refractivity contribution in [2.45, 2.75) is 32.0 Å². The van der Waals surface area contributed by atoms with Crippen molar-refractivity contribution in [3.63, 3.8) is 0 Å². The zero-order valence-electron chi connectivity index (χ0n) is 9.42. The quantitative estimate of drug-likeness (QED) is 0.867. The average molecular weight is 245 g/mol. The standard InChI is InChI=1S/C12H14F3NO/c1-2-11(17)16-10(8-12(13,14)15)9-6-4-3-5-7-9/h3-7,10H,2,8H2,1H3,(H,16,17). The molecule has 0 fully saturated rings. The van der Waals surface area contributed by atoms with Crippen molar-refractivity contribution in [3.8, 4) is 0 Å². The van der Waals surface area contributed by atoms with Crippen LogP contribution in [0.15, 0.2) is 30.3 Å². The minimum atomic E-state index is -4.30. The van der Waals surface area contributed by atoms with Crippen molar-refractivity contribution in [3.05, 3.63) is 35.9 Å². The minimum absolute atomic E-state index is 0.168. The molecule has 0 radical (unpaired) electrons. The van der Waals surface area contributed by atoms with Gasteiger partial charge in [0.1, 0.15) is 0 Å². The number of carbonyl (C=O) groups excluding carboxylic acids is 1. The lowest BCUT2D eigenvalue weighted by molar-refractivity contribution is -0.142. The lowest BCUT2D eigenvalue weighted by atomic mass is 10.0. The molecule has 2 nitrogen and oxygen atoms in total. The number of nitrogens with one attached hydrogen (secondary N) is 1. The Labute approximate surface area is 97.8 Å². The molecule has 0 saturated heterocycles. The minimum Gasteiger partial charge on any atom is -0.349 e. The monoisotopic (exact) mass is 245 g/mol. The Morgan fingerprint density at radius 1 is 1.29 bits per heavy atom. The summed E-state index contributed by atoms with van der Waals surface area (Å²) >= 11 is 0. The lowest BCUT2D eigenvalue weighted by Gasteiger charge is -2.20. The maximum atomic E-state index is 12.4. The van der Waals surface area contributed by atoms with Gasteiger partial charge >= 0.3 is 6.18 Å². The van der Waals surface area contributed by atoms with E-state index in [0.717, 1.165) is 0 Å². The molecule has 94 valence electrons. The van der Waals surface area contributed by atoms with Crippen molar-refractivity contribution >= 4 is 5.91 Å². The molecular formula is C12H14F3NO. The van der Waals surface area contributed by atoms with E-state index in [1.165, 1.54) is 0 Å². The van der Waals surface area contributed by atoms with Crippen LogP contribution in [-0.2, 0) is 4.79 Å². The van der Waals surface area contributed by atoms with Crippen molar-refractivity contribution in [1.82, 2.24) is 5.32 Å². The summed E-state index contributed by atoms with van der Waals surface area (Å²) in [5, 5.41) is 2.38. The number of benzene rings is 1. The summed E-state index contributed by atoms with van der Waals surface area (Å²) in [5.41, 5.74) is 0.464. The summed E-state index contributed by atoms with van der Waals surface area (Å²) in [6.45, 7) is 1.60. The van der Waals surface area contributed by atoms with Crippen LogP contribution in [-0.4, -0.2) is 12.1 Å². The molecule has 0 aliphatic heterocycles. The number of hydrogen-bond donors (Lipinski definition) is 1. The van der Waals surface area contributed by atoms with Crippen molar-refractivity contribution in [1.29, 1.82) is 0 Å². The normalized spacial score (nSPS) is 13.2. The van der Waals surface area contributed by atoms with Gasteiger partial charge < -0.3 is 5.32 Å². The summed E-state index contributed by atoms with van der Waals surface area (Å²) in [6, 6.07) is 7.16. The van der Waals surface area contributed by atoms with E-state index in [9.17, 15) is 18.0 Å². The van der Waals surface area contributed by atoms with E-state index in [-0.39, 0.29) is 12.3 Å². The predicted octanol–water partition coefficient (Wildman–Crippen LogP) is 3.21. The Bertz CT molecular complexity index is 362. The predicted molar refractivity (Wildman–Crippen MR) is 58.3 cm³/mol. The first-order chi connectivity index (χ1) is 7.92. The molecule has 1 unspecified atom stereocenters. The van der Waals surface area contributed by atoms with E-state index < -0.39 is 18.6 Å². The third-order valence-electron chi connectivity index (χ3n) is 2.29. The lowest BCUT2D eigenvalue weighted by Crippen LogP contribution is -2.31. The molecule has 1 aromatic rings. The van der Waals surface area contributed by atoms with Gasteiger partial charge in [0.05, 0.1) is 12.5 Å². The van der Waals surface area contributed by atoms with Gasteiger partial charge in [-0.15, -0.1) is 0 Å². The Morgan fingerprint density at radius 3 is 2.35 bits per heavy atom. The van der Waals surface area contributed by atoms with Gasteiger partial charge in [0, 0.05) is 6.42 Å². The smallest absolute Gasteiger partial charge is 0.349 e. The van der Waals surface area contributed by atoms with Crippen molar-refractivity contribution in [2.75, 3.05) is 0 Å². The molecule has 1 rings (SSSR count). The Hall–Kier alpha value is -1.52. The Morgan fingerprint density at radius 2 is 1.88 bits per heavy atom. The van der Waals surface area contributed by atoms with Crippen LogP contribution >= 0.6 is 0 Å². The molecule has 0 spiro atoms. The van der Waals surface area contributed by atoms with E-state index >= 15 is 0 Å². The molecule has 0 heterocycles.